The van der Waals surface area contributed by atoms with Crippen molar-refractivity contribution in [2.75, 3.05) is 26.7 Å². The molecule has 150 valence electrons. The molecule has 1 N–H and O–H groups in total. The van der Waals surface area contributed by atoms with Crippen LogP contribution in [0.4, 0.5) is 0 Å². The summed E-state index contributed by atoms with van der Waals surface area (Å²) in [5.74, 6) is 0.683. The fourth-order valence-electron chi connectivity index (χ4n) is 3.64. The molecule has 1 aromatic rings. The Morgan fingerprint density at radius 2 is 1.63 bits per heavy atom. The fourth-order valence-corrected chi connectivity index (χ4v) is 3.64. The summed E-state index contributed by atoms with van der Waals surface area (Å²) in [6.45, 7) is 10.5. The molecule has 0 spiro atoms. The second kappa shape index (κ2) is 9.88. The first-order valence-electron chi connectivity index (χ1n) is 10.0. The predicted molar refractivity (Wildman–Crippen MR) is 107 cm³/mol. The third-order valence-electron chi connectivity index (χ3n) is 5.43. The Morgan fingerprint density at radius 3 is 2.11 bits per heavy atom. The van der Waals surface area contributed by atoms with Crippen LogP contribution in [0.1, 0.15) is 63.6 Å². The van der Waals surface area contributed by atoms with Crippen LogP contribution in [0.15, 0.2) is 24.3 Å². The molecule has 1 heterocycles. The number of hydrogen-bond acceptors (Lipinski definition) is 4. The summed E-state index contributed by atoms with van der Waals surface area (Å²) in [5.41, 5.74) is 2.45. The van der Waals surface area contributed by atoms with Gasteiger partial charge in [0.05, 0.1) is 25.6 Å². The summed E-state index contributed by atoms with van der Waals surface area (Å²) in [4.78, 5) is 26.3. The van der Waals surface area contributed by atoms with Gasteiger partial charge in [0.15, 0.2) is 0 Å². The average Bonchev–Trinajstić information content (AvgIpc) is 2.66. The van der Waals surface area contributed by atoms with Crippen LogP contribution in [0.25, 0.3) is 0 Å². The second-order valence-corrected chi connectivity index (χ2v) is 8.18. The highest BCUT2D eigenvalue weighted by Gasteiger charge is 2.27. The third-order valence-corrected chi connectivity index (χ3v) is 5.43. The van der Waals surface area contributed by atoms with Crippen molar-refractivity contribution in [3.8, 4) is 0 Å². The van der Waals surface area contributed by atoms with E-state index in [-0.39, 0.29) is 23.8 Å². The Bertz CT molecular complexity index is 617. The van der Waals surface area contributed by atoms with E-state index in [4.69, 9.17) is 4.74 Å². The van der Waals surface area contributed by atoms with E-state index < -0.39 is 0 Å². The van der Waals surface area contributed by atoms with Gasteiger partial charge in [0.2, 0.25) is 5.91 Å². The highest BCUT2D eigenvalue weighted by Crippen LogP contribution is 2.24. The first-order valence-corrected chi connectivity index (χ1v) is 10.0. The van der Waals surface area contributed by atoms with Crippen LogP contribution < -0.4 is 5.32 Å². The Balaban J connectivity index is 1.91. The number of nitrogens with zero attached hydrogens (tertiary/aromatic N) is 1. The van der Waals surface area contributed by atoms with E-state index in [9.17, 15) is 9.59 Å². The summed E-state index contributed by atoms with van der Waals surface area (Å²) >= 11 is 0. The van der Waals surface area contributed by atoms with Crippen molar-refractivity contribution in [2.45, 2.75) is 52.5 Å². The molecule has 0 aliphatic carbocycles. The van der Waals surface area contributed by atoms with Gasteiger partial charge in [-0.2, -0.15) is 0 Å². The number of carbonyl (C=O) groups excluding carboxylic acids is 2. The minimum atomic E-state index is -0.135. The number of esters is 1. The molecule has 1 aromatic carbocycles. The fraction of sp³-hybridized carbons (Fsp3) is 0.636. The Kier molecular flexibility index (Phi) is 7.84. The van der Waals surface area contributed by atoms with Crippen LogP contribution in [-0.2, 0) is 14.3 Å². The van der Waals surface area contributed by atoms with Crippen LogP contribution in [0.3, 0.4) is 0 Å². The smallest absolute Gasteiger partial charge is 0.308 e. The number of carbonyl (C=O) groups is 2. The van der Waals surface area contributed by atoms with Crippen molar-refractivity contribution >= 4 is 11.9 Å². The van der Waals surface area contributed by atoms with Crippen LogP contribution in [0, 0.1) is 11.8 Å². The Hall–Kier alpha value is -1.88. The van der Waals surface area contributed by atoms with Gasteiger partial charge in [-0.3, -0.25) is 14.5 Å². The molecular weight excluding hydrogens is 340 g/mol. The van der Waals surface area contributed by atoms with Crippen LogP contribution in [0.2, 0.25) is 0 Å². The number of nitrogens with one attached hydrogen (secondary N) is 1. The van der Waals surface area contributed by atoms with Crippen molar-refractivity contribution in [3.63, 3.8) is 0 Å². The number of hydrogen-bond donors (Lipinski definition) is 1. The van der Waals surface area contributed by atoms with E-state index in [2.05, 4.69) is 62.2 Å². The molecule has 0 saturated carbocycles. The minimum Gasteiger partial charge on any atom is -0.469 e. The number of likely N-dealkylation sites (tertiary alicyclic amines) is 1. The zero-order valence-electron chi connectivity index (χ0n) is 17.3. The molecule has 0 unspecified atom stereocenters. The van der Waals surface area contributed by atoms with E-state index in [1.165, 1.54) is 12.7 Å². The van der Waals surface area contributed by atoms with Gasteiger partial charge in [-0.1, -0.05) is 52.0 Å². The molecule has 1 atom stereocenters. The number of ether oxygens (including phenoxy) is 1. The maximum absolute atomic E-state index is 12.6. The lowest BCUT2D eigenvalue weighted by Gasteiger charge is -2.31. The average molecular weight is 375 g/mol. The predicted octanol–water partition coefficient (Wildman–Crippen LogP) is 3.51. The zero-order valence-corrected chi connectivity index (χ0v) is 17.3. The molecule has 1 saturated heterocycles. The summed E-state index contributed by atoms with van der Waals surface area (Å²) in [5, 5.41) is 3.20. The number of rotatable bonds is 7. The van der Waals surface area contributed by atoms with Gasteiger partial charge in [-0.05, 0) is 48.9 Å². The standard InChI is InChI=1S/C22H34N2O3/c1-15(2)17-6-8-18(9-7-17)21(16(3)4)23-20(25)14-24-12-10-19(11-13-24)22(26)27-5/h6-9,15-16,19,21H,10-14H2,1-5H3,(H,23,25)/t21-/m1/s1. The lowest BCUT2D eigenvalue weighted by atomic mass is 9.93. The SMILES string of the molecule is COC(=O)C1CCN(CC(=O)N[C@@H](c2ccc(C(C)C)cc2)C(C)C)CC1. The van der Waals surface area contributed by atoms with Crippen molar-refractivity contribution in [1.29, 1.82) is 0 Å². The second-order valence-electron chi connectivity index (χ2n) is 8.18. The number of methoxy groups -OCH3 is 1. The van der Waals surface area contributed by atoms with Gasteiger partial charge >= 0.3 is 5.97 Å². The first kappa shape index (κ1) is 21.4. The molecule has 1 amide bonds. The summed E-state index contributed by atoms with van der Waals surface area (Å²) in [6.07, 6.45) is 1.51. The van der Waals surface area contributed by atoms with Crippen LogP contribution >= 0.6 is 0 Å². The van der Waals surface area contributed by atoms with E-state index in [1.807, 2.05) is 0 Å². The van der Waals surface area contributed by atoms with Crippen molar-refractivity contribution in [3.05, 3.63) is 35.4 Å². The summed E-state index contributed by atoms with van der Waals surface area (Å²) in [7, 11) is 1.43. The van der Waals surface area contributed by atoms with Gasteiger partial charge in [0, 0.05) is 0 Å². The number of benzene rings is 1. The minimum absolute atomic E-state index is 0.00585. The largest absolute Gasteiger partial charge is 0.469 e. The highest BCUT2D eigenvalue weighted by atomic mass is 16.5. The normalized spacial score (nSPS) is 17.1. The van der Waals surface area contributed by atoms with Gasteiger partial charge in [-0.25, -0.2) is 0 Å². The van der Waals surface area contributed by atoms with E-state index in [0.29, 0.717) is 18.4 Å². The van der Waals surface area contributed by atoms with Crippen molar-refractivity contribution < 1.29 is 14.3 Å². The van der Waals surface area contributed by atoms with Gasteiger partial charge < -0.3 is 10.1 Å². The van der Waals surface area contributed by atoms with Crippen molar-refractivity contribution in [2.24, 2.45) is 11.8 Å². The highest BCUT2D eigenvalue weighted by molar-refractivity contribution is 5.78. The lowest BCUT2D eigenvalue weighted by Crippen LogP contribution is -2.44. The molecule has 0 radical (unpaired) electrons. The maximum atomic E-state index is 12.6. The monoisotopic (exact) mass is 374 g/mol. The van der Waals surface area contributed by atoms with Crippen LogP contribution in [-0.4, -0.2) is 43.5 Å². The molecule has 0 aromatic heterocycles. The Labute approximate surface area is 163 Å². The van der Waals surface area contributed by atoms with E-state index >= 15 is 0 Å². The third kappa shape index (κ3) is 6.06. The Morgan fingerprint density at radius 1 is 1.07 bits per heavy atom. The molecule has 5 nitrogen and oxygen atoms in total. The zero-order chi connectivity index (χ0) is 20.0. The van der Waals surface area contributed by atoms with E-state index in [0.717, 1.165) is 31.5 Å². The van der Waals surface area contributed by atoms with Gasteiger partial charge in [0.1, 0.15) is 0 Å². The number of piperidine rings is 1. The summed E-state index contributed by atoms with van der Waals surface area (Å²) < 4.78 is 4.82. The molecular formula is C22H34N2O3. The maximum Gasteiger partial charge on any atom is 0.308 e. The van der Waals surface area contributed by atoms with Gasteiger partial charge in [-0.15, -0.1) is 0 Å². The lowest BCUT2D eigenvalue weighted by molar-refractivity contribution is -0.147. The first-order chi connectivity index (χ1) is 12.8. The molecule has 1 aliphatic rings. The topological polar surface area (TPSA) is 58.6 Å². The molecule has 2 rings (SSSR count). The molecule has 0 bridgehead atoms. The molecule has 5 heteroatoms. The van der Waals surface area contributed by atoms with Crippen LogP contribution in [0.5, 0.6) is 0 Å². The molecule has 1 aliphatic heterocycles. The quantitative estimate of drug-likeness (QED) is 0.742. The molecule has 1 fully saturated rings. The summed E-state index contributed by atoms with van der Waals surface area (Å²) in [6, 6.07) is 8.56. The van der Waals surface area contributed by atoms with E-state index in [1.54, 1.807) is 0 Å². The van der Waals surface area contributed by atoms with Crippen molar-refractivity contribution in [1.82, 2.24) is 10.2 Å². The number of amides is 1. The van der Waals surface area contributed by atoms with Gasteiger partial charge in [0.25, 0.3) is 0 Å². The molecule has 27 heavy (non-hydrogen) atoms.